The second-order valence-electron chi connectivity index (χ2n) is 2.88. The van der Waals surface area contributed by atoms with Gasteiger partial charge in [0.15, 0.2) is 0 Å². The number of hydrogen-bond donors (Lipinski definition) is 1. The summed E-state index contributed by atoms with van der Waals surface area (Å²) >= 11 is 0. The van der Waals surface area contributed by atoms with E-state index in [0.717, 1.165) is 0 Å². The predicted molar refractivity (Wildman–Crippen MR) is 43.1 cm³/mol. The highest BCUT2D eigenvalue weighted by molar-refractivity contribution is 6.36. The van der Waals surface area contributed by atoms with E-state index in [1.165, 1.54) is 0 Å². The summed E-state index contributed by atoms with van der Waals surface area (Å²) in [6.07, 6.45) is 0.339. The Morgan fingerprint density at radius 1 is 1.36 bits per heavy atom. The molecule has 0 aromatic rings. The first kappa shape index (κ1) is 10.1. The number of Topliss-reactive ketones (excluding diaryl/α,β-unsaturated/α-hetero) is 1. The monoisotopic (exact) mass is 157 g/mol. The number of ketones is 1. The van der Waals surface area contributed by atoms with E-state index in [4.69, 9.17) is 0 Å². The van der Waals surface area contributed by atoms with Crippen LogP contribution in [0.1, 0.15) is 27.2 Å². The molecule has 0 atom stereocenters. The Balaban J connectivity index is 3.74. The van der Waals surface area contributed by atoms with Gasteiger partial charge in [0, 0.05) is 13.0 Å². The van der Waals surface area contributed by atoms with Crippen LogP contribution >= 0.6 is 0 Å². The van der Waals surface area contributed by atoms with E-state index in [9.17, 15) is 9.59 Å². The minimum atomic E-state index is -0.457. The van der Waals surface area contributed by atoms with Crippen molar-refractivity contribution in [3.05, 3.63) is 0 Å². The highest BCUT2D eigenvalue weighted by atomic mass is 16.2. The third kappa shape index (κ3) is 4.53. The van der Waals surface area contributed by atoms with Crippen molar-refractivity contribution in [2.75, 3.05) is 6.54 Å². The van der Waals surface area contributed by atoms with E-state index < -0.39 is 5.91 Å². The highest BCUT2D eigenvalue weighted by Crippen LogP contribution is 1.99. The molecular formula is C8H15NO2. The van der Waals surface area contributed by atoms with Gasteiger partial charge in [0.05, 0.1) is 0 Å². The van der Waals surface area contributed by atoms with Gasteiger partial charge >= 0.3 is 0 Å². The van der Waals surface area contributed by atoms with Crippen molar-refractivity contribution >= 4 is 11.7 Å². The standard InChI is InChI=1S/C8H15NO2/c1-4-9-8(11)7(10)5-6(2)3/h6H,4-5H2,1-3H3,(H,9,11). The van der Waals surface area contributed by atoms with Gasteiger partial charge in [0.2, 0.25) is 5.78 Å². The summed E-state index contributed by atoms with van der Waals surface area (Å²) in [7, 11) is 0. The van der Waals surface area contributed by atoms with Crippen molar-refractivity contribution in [2.24, 2.45) is 5.92 Å². The van der Waals surface area contributed by atoms with Crippen molar-refractivity contribution < 1.29 is 9.59 Å². The number of amides is 1. The molecule has 0 aliphatic carbocycles. The molecule has 0 saturated heterocycles. The molecule has 0 unspecified atom stereocenters. The van der Waals surface area contributed by atoms with Gasteiger partial charge in [0.1, 0.15) is 0 Å². The van der Waals surface area contributed by atoms with Gasteiger partial charge in [0.25, 0.3) is 5.91 Å². The van der Waals surface area contributed by atoms with Gasteiger partial charge in [-0.05, 0) is 12.8 Å². The summed E-state index contributed by atoms with van der Waals surface area (Å²) in [6, 6.07) is 0. The molecular weight excluding hydrogens is 142 g/mol. The largest absolute Gasteiger partial charge is 0.350 e. The first-order valence-corrected chi connectivity index (χ1v) is 3.89. The van der Waals surface area contributed by atoms with E-state index in [-0.39, 0.29) is 11.7 Å². The lowest BCUT2D eigenvalue weighted by atomic mass is 10.1. The quantitative estimate of drug-likeness (QED) is 0.612. The SMILES string of the molecule is CCNC(=O)C(=O)CC(C)C. The van der Waals surface area contributed by atoms with Crippen LogP contribution in [-0.4, -0.2) is 18.2 Å². The third-order valence-corrected chi connectivity index (χ3v) is 1.18. The van der Waals surface area contributed by atoms with E-state index in [1.807, 2.05) is 13.8 Å². The highest BCUT2D eigenvalue weighted by Gasteiger charge is 2.12. The Labute approximate surface area is 67.2 Å². The minimum absolute atomic E-state index is 0.255. The molecule has 0 rings (SSSR count). The summed E-state index contributed by atoms with van der Waals surface area (Å²) in [5.41, 5.74) is 0. The van der Waals surface area contributed by atoms with Crippen LogP contribution in [0.4, 0.5) is 0 Å². The first-order valence-electron chi connectivity index (χ1n) is 3.89. The van der Waals surface area contributed by atoms with Gasteiger partial charge in [-0.3, -0.25) is 9.59 Å². The van der Waals surface area contributed by atoms with Crippen LogP contribution in [0.25, 0.3) is 0 Å². The fourth-order valence-electron chi connectivity index (χ4n) is 0.723. The lowest BCUT2D eigenvalue weighted by Gasteiger charge is -2.02. The first-order chi connectivity index (χ1) is 5.07. The Hall–Kier alpha value is -0.860. The van der Waals surface area contributed by atoms with Gasteiger partial charge < -0.3 is 5.32 Å². The van der Waals surface area contributed by atoms with Crippen LogP contribution < -0.4 is 5.32 Å². The van der Waals surface area contributed by atoms with Crippen LogP contribution in [0.2, 0.25) is 0 Å². The van der Waals surface area contributed by atoms with Crippen molar-refractivity contribution in [1.82, 2.24) is 5.32 Å². The molecule has 0 spiro atoms. The minimum Gasteiger partial charge on any atom is -0.350 e. The average molecular weight is 157 g/mol. The maximum Gasteiger partial charge on any atom is 0.287 e. The summed E-state index contributed by atoms with van der Waals surface area (Å²) in [5.74, 6) is -0.520. The zero-order chi connectivity index (χ0) is 8.85. The number of carbonyl (C=O) groups excluding carboxylic acids is 2. The molecule has 3 nitrogen and oxygen atoms in total. The van der Waals surface area contributed by atoms with E-state index in [2.05, 4.69) is 5.32 Å². The molecule has 0 aromatic heterocycles. The fraction of sp³-hybridized carbons (Fsp3) is 0.750. The molecule has 0 fully saturated rings. The third-order valence-electron chi connectivity index (χ3n) is 1.18. The molecule has 0 aromatic carbocycles. The summed E-state index contributed by atoms with van der Waals surface area (Å²) in [5, 5.41) is 2.46. The van der Waals surface area contributed by atoms with Crippen molar-refractivity contribution in [1.29, 1.82) is 0 Å². The summed E-state index contributed by atoms with van der Waals surface area (Å²) in [6.45, 7) is 6.14. The van der Waals surface area contributed by atoms with Gasteiger partial charge in [-0.15, -0.1) is 0 Å². The van der Waals surface area contributed by atoms with E-state index >= 15 is 0 Å². The van der Waals surface area contributed by atoms with Crippen molar-refractivity contribution in [2.45, 2.75) is 27.2 Å². The fourth-order valence-corrected chi connectivity index (χ4v) is 0.723. The van der Waals surface area contributed by atoms with Crippen LogP contribution in [-0.2, 0) is 9.59 Å². The number of carbonyl (C=O) groups is 2. The van der Waals surface area contributed by atoms with Crippen LogP contribution in [0, 0.1) is 5.92 Å². The van der Waals surface area contributed by atoms with E-state index in [1.54, 1.807) is 6.92 Å². The summed E-state index contributed by atoms with van der Waals surface area (Å²) in [4.78, 5) is 21.7. The van der Waals surface area contributed by atoms with Crippen LogP contribution in [0.15, 0.2) is 0 Å². The maximum absolute atomic E-state index is 10.9. The van der Waals surface area contributed by atoms with Crippen molar-refractivity contribution in [3.8, 4) is 0 Å². The zero-order valence-electron chi connectivity index (χ0n) is 7.31. The average Bonchev–Trinajstić information content (AvgIpc) is 1.86. The molecule has 0 saturated carbocycles. The van der Waals surface area contributed by atoms with Crippen LogP contribution in [0.3, 0.4) is 0 Å². The molecule has 0 radical (unpaired) electrons. The van der Waals surface area contributed by atoms with Gasteiger partial charge in [-0.1, -0.05) is 13.8 Å². The molecule has 0 heterocycles. The van der Waals surface area contributed by atoms with Gasteiger partial charge in [-0.25, -0.2) is 0 Å². The molecule has 11 heavy (non-hydrogen) atoms. The molecule has 3 heteroatoms. The molecule has 0 aliphatic rings. The van der Waals surface area contributed by atoms with E-state index in [0.29, 0.717) is 13.0 Å². The Morgan fingerprint density at radius 2 is 1.91 bits per heavy atom. The van der Waals surface area contributed by atoms with Crippen molar-refractivity contribution in [3.63, 3.8) is 0 Å². The van der Waals surface area contributed by atoms with Crippen LogP contribution in [0.5, 0.6) is 0 Å². The number of nitrogens with one attached hydrogen (secondary N) is 1. The zero-order valence-corrected chi connectivity index (χ0v) is 7.31. The number of likely N-dealkylation sites (N-methyl/N-ethyl adjacent to an activating group) is 1. The summed E-state index contributed by atoms with van der Waals surface area (Å²) < 4.78 is 0. The number of hydrogen-bond acceptors (Lipinski definition) is 2. The van der Waals surface area contributed by atoms with Gasteiger partial charge in [-0.2, -0.15) is 0 Å². The normalized spacial score (nSPS) is 9.82. The number of rotatable bonds is 4. The Bertz CT molecular complexity index is 152. The lowest BCUT2D eigenvalue weighted by Crippen LogP contribution is -2.31. The molecule has 1 N–H and O–H groups in total. The molecule has 1 amide bonds. The smallest absolute Gasteiger partial charge is 0.287 e. The maximum atomic E-state index is 10.9. The molecule has 0 bridgehead atoms. The Kier molecular flexibility index (Phi) is 4.50. The predicted octanol–water partition coefficient (Wildman–Crippen LogP) is 0.738. The lowest BCUT2D eigenvalue weighted by molar-refractivity contribution is -0.138. The molecule has 0 aliphatic heterocycles. The Morgan fingerprint density at radius 3 is 2.27 bits per heavy atom. The second kappa shape index (κ2) is 4.88. The molecule has 64 valence electrons. The topological polar surface area (TPSA) is 46.2 Å². The second-order valence-corrected chi connectivity index (χ2v) is 2.88.